The minimum absolute atomic E-state index is 0.440. The molecule has 0 aliphatic carbocycles. The van der Waals surface area contributed by atoms with E-state index in [-0.39, 0.29) is 0 Å². The van der Waals surface area contributed by atoms with Gasteiger partial charge in [-0.2, -0.15) is 0 Å². The zero-order valence-corrected chi connectivity index (χ0v) is 9.64. The van der Waals surface area contributed by atoms with E-state index >= 15 is 0 Å². The van der Waals surface area contributed by atoms with Gasteiger partial charge in [0.05, 0.1) is 7.11 Å². The quantitative estimate of drug-likeness (QED) is 0.808. The molecule has 1 aromatic rings. The molecule has 0 spiro atoms. The molecule has 2 atom stereocenters. The lowest BCUT2D eigenvalue weighted by Gasteiger charge is -2.16. The summed E-state index contributed by atoms with van der Waals surface area (Å²) < 4.78 is 4.96. The first-order valence-electron chi connectivity index (χ1n) is 4.26. The van der Waals surface area contributed by atoms with Crippen LogP contribution >= 0.6 is 15.9 Å². The van der Waals surface area contributed by atoms with Crippen LogP contribution in [0.1, 0.15) is 11.7 Å². The van der Waals surface area contributed by atoms with E-state index in [1.807, 2.05) is 0 Å². The molecule has 5 heteroatoms. The van der Waals surface area contributed by atoms with Crippen LogP contribution < -0.4 is 0 Å². The molecule has 15 heavy (non-hydrogen) atoms. The van der Waals surface area contributed by atoms with Crippen LogP contribution in [0.5, 0.6) is 0 Å². The van der Waals surface area contributed by atoms with Crippen molar-refractivity contribution in [2.45, 2.75) is 12.2 Å². The summed E-state index contributed by atoms with van der Waals surface area (Å²) >= 11 is 3.21. The van der Waals surface area contributed by atoms with E-state index in [1.54, 1.807) is 24.3 Å². The lowest BCUT2D eigenvalue weighted by Crippen LogP contribution is -2.29. The third-order valence-corrected chi connectivity index (χ3v) is 2.69. The van der Waals surface area contributed by atoms with Gasteiger partial charge in [-0.25, -0.2) is 4.79 Å². The molecule has 4 nitrogen and oxygen atoms in total. The standard InChI is InChI=1S/C10H11BrO4/c1-15-10(14)9(13)8(12)6-4-2-3-5-7(6)11/h2-5,8-9,12-13H,1H3. The molecular weight excluding hydrogens is 264 g/mol. The summed E-state index contributed by atoms with van der Waals surface area (Å²) in [6, 6.07) is 6.79. The predicted octanol–water partition coefficient (Wildman–Crippen LogP) is 1.02. The molecule has 1 rings (SSSR count). The fraction of sp³-hybridized carbons (Fsp3) is 0.300. The predicted molar refractivity (Wildman–Crippen MR) is 57.1 cm³/mol. The minimum Gasteiger partial charge on any atom is -0.467 e. The minimum atomic E-state index is -1.58. The monoisotopic (exact) mass is 274 g/mol. The summed E-state index contributed by atoms with van der Waals surface area (Å²) in [5.74, 6) is -0.863. The van der Waals surface area contributed by atoms with Gasteiger partial charge in [0.25, 0.3) is 0 Å². The Morgan fingerprint density at radius 1 is 1.40 bits per heavy atom. The van der Waals surface area contributed by atoms with E-state index in [0.29, 0.717) is 10.0 Å². The number of halogens is 1. The van der Waals surface area contributed by atoms with Gasteiger partial charge in [-0.1, -0.05) is 34.1 Å². The van der Waals surface area contributed by atoms with Crippen molar-refractivity contribution in [2.75, 3.05) is 7.11 Å². The van der Waals surface area contributed by atoms with Gasteiger partial charge >= 0.3 is 5.97 Å². The summed E-state index contributed by atoms with van der Waals surface area (Å²) in [5.41, 5.74) is 0.440. The third kappa shape index (κ3) is 2.77. The number of aliphatic hydroxyl groups is 2. The first-order chi connectivity index (χ1) is 7.07. The maximum atomic E-state index is 11.0. The van der Waals surface area contributed by atoms with Crippen molar-refractivity contribution in [2.24, 2.45) is 0 Å². The van der Waals surface area contributed by atoms with E-state index in [2.05, 4.69) is 20.7 Å². The second-order valence-corrected chi connectivity index (χ2v) is 3.79. The molecule has 2 unspecified atom stereocenters. The van der Waals surface area contributed by atoms with Crippen molar-refractivity contribution in [3.05, 3.63) is 34.3 Å². The first-order valence-corrected chi connectivity index (χ1v) is 5.05. The number of carbonyl (C=O) groups excluding carboxylic acids is 1. The van der Waals surface area contributed by atoms with Gasteiger partial charge in [-0.3, -0.25) is 0 Å². The molecule has 0 aromatic heterocycles. The molecule has 0 saturated carbocycles. The zero-order chi connectivity index (χ0) is 11.4. The summed E-state index contributed by atoms with van der Waals surface area (Å²) in [7, 11) is 1.15. The van der Waals surface area contributed by atoms with E-state index in [4.69, 9.17) is 0 Å². The molecule has 0 aliphatic rings. The number of ether oxygens (including phenoxy) is 1. The SMILES string of the molecule is COC(=O)C(O)C(O)c1ccccc1Br. The van der Waals surface area contributed by atoms with E-state index in [0.717, 1.165) is 7.11 Å². The number of rotatable bonds is 3. The van der Waals surface area contributed by atoms with Crippen molar-refractivity contribution in [1.29, 1.82) is 0 Å². The number of esters is 1. The first kappa shape index (κ1) is 12.2. The second-order valence-electron chi connectivity index (χ2n) is 2.93. The van der Waals surface area contributed by atoms with Crippen molar-refractivity contribution in [3.8, 4) is 0 Å². The average molecular weight is 275 g/mol. The summed E-state index contributed by atoms with van der Waals surface area (Å²) in [4.78, 5) is 11.0. The largest absolute Gasteiger partial charge is 0.467 e. The molecule has 82 valence electrons. The summed E-state index contributed by atoms with van der Waals surface area (Å²) in [6.45, 7) is 0. The van der Waals surface area contributed by atoms with E-state index in [1.165, 1.54) is 0 Å². The smallest absolute Gasteiger partial charge is 0.337 e. The Morgan fingerprint density at radius 3 is 2.53 bits per heavy atom. The van der Waals surface area contributed by atoms with Gasteiger partial charge in [0.15, 0.2) is 6.10 Å². The van der Waals surface area contributed by atoms with Crippen LogP contribution in [0.4, 0.5) is 0 Å². The van der Waals surface area contributed by atoms with E-state index < -0.39 is 18.2 Å². The Hall–Kier alpha value is -0.910. The number of benzene rings is 1. The lowest BCUT2D eigenvalue weighted by molar-refractivity contribution is -0.156. The van der Waals surface area contributed by atoms with Crippen LogP contribution in [0.25, 0.3) is 0 Å². The molecule has 2 N–H and O–H groups in total. The highest BCUT2D eigenvalue weighted by molar-refractivity contribution is 9.10. The molecule has 0 bridgehead atoms. The van der Waals surface area contributed by atoms with Crippen LogP contribution in [-0.4, -0.2) is 29.4 Å². The molecule has 0 amide bonds. The normalized spacial score (nSPS) is 14.4. The fourth-order valence-corrected chi connectivity index (χ4v) is 1.65. The van der Waals surface area contributed by atoms with Crippen LogP contribution in [0, 0.1) is 0 Å². The van der Waals surface area contributed by atoms with Crippen molar-refractivity contribution >= 4 is 21.9 Å². The van der Waals surface area contributed by atoms with Crippen LogP contribution in [-0.2, 0) is 9.53 Å². The Kier molecular flexibility index (Phi) is 4.26. The van der Waals surface area contributed by atoms with Crippen molar-refractivity contribution in [3.63, 3.8) is 0 Å². The molecule has 0 aliphatic heterocycles. The van der Waals surface area contributed by atoms with Gasteiger partial charge in [0.1, 0.15) is 6.10 Å². The Balaban J connectivity index is 2.89. The molecular formula is C10H11BrO4. The zero-order valence-electron chi connectivity index (χ0n) is 8.05. The number of hydrogen-bond donors (Lipinski definition) is 2. The molecule has 1 aromatic carbocycles. The Bertz CT molecular complexity index is 353. The lowest BCUT2D eigenvalue weighted by atomic mass is 10.0. The number of carbonyl (C=O) groups is 1. The van der Waals surface area contributed by atoms with Crippen molar-refractivity contribution < 1.29 is 19.7 Å². The number of hydrogen-bond acceptors (Lipinski definition) is 4. The van der Waals surface area contributed by atoms with Gasteiger partial charge in [0, 0.05) is 4.47 Å². The maximum Gasteiger partial charge on any atom is 0.337 e. The summed E-state index contributed by atoms with van der Waals surface area (Å²) in [5, 5.41) is 19.1. The highest BCUT2D eigenvalue weighted by Crippen LogP contribution is 2.25. The highest BCUT2D eigenvalue weighted by Gasteiger charge is 2.27. The Morgan fingerprint density at radius 2 is 2.00 bits per heavy atom. The molecule has 0 heterocycles. The van der Waals surface area contributed by atoms with E-state index in [9.17, 15) is 15.0 Å². The number of aliphatic hydroxyl groups excluding tert-OH is 2. The maximum absolute atomic E-state index is 11.0. The van der Waals surface area contributed by atoms with Gasteiger partial charge in [-0.05, 0) is 11.6 Å². The van der Waals surface area contributed by atoms with Gasteiger partial charge < -0.3 is 14.9 Å². The average Bonchev–Trinajstić information content (AvgIpc) is 2.26. The van der Waals surface area contributed by atoms with Gasteiger partial charge in [-0.15, -0.1) is 0 Å². The Labute approximate surface area is 95.6 Å². The van der Waals surface area contributed by atoms with Crippen LogP contribution in [0.15, 0.2) is 28.7 Å². The molecule has 0 saturated heterocycles. The number of methoxy groups -OCH3 is 1. The fourth-order valence-electron chi connectivity index (χ4n) is 1.13. The third-order valence-electron chi connectivity index (χ3n) is 1.97. The molecule has 0 fully saturated rings. The topological polar surface area (TPSA) is 66.8 Å². The van der Waals surface area contributed by atoms with Crippen molar-refractivity contribution in [1.82, 2.24) is 0 Å². The van der Waals surface area contributed by atoms with Gasteiger partial charge in [0.2, 0.25) is 0 Å². The van der Waals surface area contributed by atoms with Crippen LogP contribution in [0.2, 0.25) is 0 Å². The van der Waals surface area contributed by atoms with Crippen LogP contribution in [0.3, 0.4) is 0 Å². The second kappa shape index (κ2) is 5.25. The molecule has 0 radical (unpaired) electrons. The highest BCUT2D eigenvalue weighted by atomic mass is 79.9. The summed E-state index contributed by atoms with van der Waals surface area (Å²) in [6.07, 6.45) is -2.87.